The average molecular weight is 250 g/mol. The summed E-state index contributed by atoms with van der Waals surface area (Å²) in [6, 6.07) is 2.16. The molecule has 0 aliphatic heterocycles. The summed E-state index contributed by atoms with van der Waals surface area (Å²) in [6.45, 7) is 10.4. The Hall–Kier alpha value is -1.76. The Kier molecular flexibility index (Phi) is 6.81. The number of aromatic nitrogens is 1. The highest BCUT2D eigenvalue weighted by Gasteiger charge is 2.15. The van der Waals surface area contributed by atoms with Crippen LogP contribution in [0, 0.1) is 18.3 Å². The third-order valence-corrected chi connectivity index (χ3v) is 2.66. The number of rotatable bonds is 4. The van der Waals surface area contributed by atoms with Crippen LogP contribution in [-0.4, -0.2) is 15.6 Å². The molecule has 0 atom stereocenters. The number of carboxylic acid groups (broad SMARTS) is 1. The predicted molar refractivity (Wildman–Crippen MR) is 71.6 cm³/mol. The molecule has 1 heterocycles. The van der Waals surface area contributed by atoms with Crippen LogP contribution in [0.2, 0.25) is 0 Å². The number of aryl methyl sites for hydroxylation is 1. The molecule has 18 heavy (non-hydrogen) atoms. The van der Waals surface area contributed by atoms with Gasteiger partial charge in [-0.3, -0.25) is 4.79 Å². The van der Waals surface area contributed by atoms with Gasteiger partial charge in [-0.15, -0.1) is 0 Å². The van der Waals surface area contributed by atoms with Gasteiger partial charge < -0.3 is 9.67 Å². The van der Waals surface area contributed by atoms with Crippen molar-refractivity contribution in [3.05, 3.63) is 23.0 Å². The van der Waals surface area contributed by atoms with E-state index < -0.39 is 5.97 Å². The van der Waals surface area contributed by atoms with E-state index in [1.54, 1.807) is 6.20 Å². The minimum Gasteiger partial charge on any atom is -0.481 e. The normalized spacial score (nSPS) is 9.61. The van der Waals surface area contributed by atoms with Crippen molar-refractivity contribution in [1.29, 1.82) is 5.26 Å². The van der Waals surface area contributed by atoms with Crippen LogP contribution in [0.25, 0.3) is 0 Å². The zero-order valence-corrected chi connectivity index (χ0v) is 11.8. The largest absolute Gasteiger partial charge is 0.481 e. The monoisotopic (exact) mass is 250 g/mol. The van der Waals surface area contributed by atoms with Crippen molar-refractivity contribution in [3.8, 4) is 6.07 Å². The molecule has 0 aromatic carbocycles. The van der Waals surface area contributed by atoms with Crippen molar-refractivity contribution >= 4 is 5.97 Å². The van der Waals surface area contributed by atoms with Crippen molar-refractivity contribution in [2.75, 3.05) is 0 Å². The van der Waals surface area contributed by atoms with Gasteiger partial charge in [-0.1, -0.05) is 27.7 Å². The lowest BCUT2D eigenvalue weighted by Crippen LogP contribution is -2.05. The van der Waals surface area contributed by atoms with Gasteiger partial charge in [-0.25, -0.2) is 0 Å². The van der Waals surface area contributed by atoms with Gasteiger partial charge in [0.1, 0.15) is 6.07 Å². The van der Waals surface area contributed by atoms with Crippen LogP contribution < -0.4 is 0 Å². The number of nitrogens with zero attached hydrogens (tertiary/aromatic N) is 2. The van der Waals surface area contributed by atoms with E-state index in [0.29, 0.717) is 12.1 Å². The summed E-state index contributed by atoms with van der Waals surface area (Å²) in [4.78, 5) is 10.5. The van der Waals surface area contributed by atoms with E-state index in [1.165, 1.54) is 0 Å². The van der Waals surface area contributed by atoms with E-state index in [4.69, 9.17) is 10.4 Å². The molecule has 0 bridgehead atoms. The first-order valence-electron chi connectivity index (χ1n) is 6.28. The summed E-state index contributed by atoms with van der Waals surface area (Å²) in [5.41, 5.74) is 2.67. The van der Waals surface area contributed by atoms with E-state index in [9.17, 15) is 4.79 Å². The Morgan fingerprint density at radius 2 is 2.06 bits per heavy atom. The molecule has 0 aliphatic carbocycles. The van der Waals surface area contributed by atoms with Gasteiger partial charge >= 0.3 is 5.97 Å². The molecule has 100 valence electrons. The van der Waals surface area contributed by atoms with E-state index >= 15 is 0 Å². The number of hydrogen-bond donors (Lipinski definition) is 1. The molecule has 0 radical (unpaired) electrons. The van der Waals surface area contributed by atoms with Gasteiger partial charge in [0.15, 0.2) is 0 Å². The maximum Gasteiger partial charge on any atom is 0.305 e. The van der Waals surface area contributed by atoms with Crippen molar-refractivity contribution in [2.24, 2.45) is 0 Å². The number of aliphatic carboxylic acids is 1. The molecule has 4 nitrogen and oxygen atoms in total. The molecule has 4 heteroatoms. The highest BCUT2D eigenvalue weighted by atomic mass is 16.4. The summed E-state index contributed by atoms with van der Waals surface area (Å²) >= 11 is 0. The maximum atomic E-state index is 10.5. The van der Waals surface area contributed by atoms with E-state index in [-0.39, 0.29) is 12.3 Å². The van der Waals surface area contributed by atoms with E-state index in [1.807, 2.05) is 39.2 Å². The van der Waals surface area contributed by atoms with Crippen LogP contribution in [0.5, 0.6) is 0 Å². The van der Waals surface area contributed by atoms with E-state index in [0.717, 1.165) is 11.3 Å². The van der Waals surface area contributed by atoms with E-state index in [2.05, 4.69) is 6.07 Å². The molecule has 1 rings (SSSR count). The molecule has 0 aliphatic rings. The van der Waals surface area contributed by atoms with Crippen LogP contribution in [0.15, 0.2) is 6.20 Å². The second-order valence-corrected chi connectivity index (χ2v) is 4.15. The summed E-state index contributed by atoms with van der Waals surface area (Å²) in [7, 11) is 0. The molecule has 1 aromatic rings. The van der Waals surface area contributed by atoms with Crippen molar-refractivity contribution in [3.63, 3.8) is 0 Å². The van der Waals surface area contributed by atoms with Crippen molar-refractivity contribution in [2.45, 2.75) is 53.5 Å². The molecule has 1 N–H and O–H groups in total. The lowest BCUT2D eigenvalue weighted by Gasteiger charge is -2.08. The smallest absolute Gasteiger partial charge is 0.305 e. The molecule has 0 unspecified atom stereocenters. The highest BCUT2D eigenvalue weighted by Crippen LogP contribution is 2.25. The Morgan fingerprint density at radius 3 is 2.39 bits per heavy atom. The SMILES string of the molecule is CC.Cc1c(C(C)C)c(C#N)cn1CCC(=O)O. The fraction of sp³-hybridized carbons (Fsp3) is 0.571. The second kappa shape index (κ2) is 7.54. The first-order chi connectivity index (χ1) is 8.47. The Balaban J connectivity index is 0.00000137. The molecule has 0 amide bonds. The van der Waals surface area contributed by atoms with Gasteiger partial charge in [-0.05, 0) is 18.4 Å². The number of nitriles is 1. The zero-order chi connectivity index (χ0) is 14.3. The summed E-state index contributed by atoms with van der Waals surface area (Å²) < 4.78 is 1.85. The highest BCUT2D eigenvalue weighted by molar-refractivity contribution is 5.66. The lowest BCUT2D eigenvalue weighted by molar-refractivity contribution is -0.137. The molecule has 0 spiro atoms. The fourth-order valence-corrected chi connectivity index (χ4v) is 1.94. The maximum absolute atomic E-state index is 10.5. The summed E-state index contributed by atoms with van der Waals surface area (Å²) in [6.07, 6.45) is 1.82. The second-order valence-electron chi connectivity index (χ2n) is 4.15. The molecular weight excluding hydrogens is 228 g/mol. The first kappa shape index (κ1) is 16.2. The van der Waals surface area contributed by atoms with Crippen LogP contribution >= 0.6 is 0 Å². The summed E-state index contributed by atoms with van der Waals surface area (Å²) in [5.74, 6) is -0.543. The van der Waals surface area contributed by atoms with Crippen LogP contribution in [0.1, 0.15) is 56.9 Å². The van der Waals surface area contributed by atoms with Crippen LogP contribution in [-0.2, 0) is 11.3 Å². The van der Waals surface area contributed by atoms with Crippen molar-refractivity contribution < 1.29 is 9.90 Å². The zero-order valence-electron chi connectivity index (χ0n) is 11.8. The minimum atomic E-state index is -0.822. The molecule has 1 aromatic heterocycles. The average Bonchev–Trinajstić information content (AvgIpc) is 2.65. The summed E-state index contributed by atoms with van der Waals surface area (Å²) in [5, 5.41) is 17.6. The van der Waals surface area contributed by atoms with Gasteiger partial charge in [0.2, 0.25) is 0 Å². The third kappa shape index (κ3) is 3.92. The number of carboxylic acids is 1. The standard InChI is InChI=1S/C12H16N2O2.C2H6/c1-8(2)12-9(3)14(5-4-11(15)16)7-10(12)6-13;1-2/h7-8H,4-5H2,1-3H3,(H,15,16);1-2H3. The number of hydrogen-bond acceptors (Lipinski definition) is 2. The molecule has 0 fully saturated rings. The van der Waals surface area contributed by atoms with Crippen LogP contribution in [0.3, 0.4) is 0 Å². The lowest BCUT2D eigenvalue weighted by atomic mass is 10.00. The Labute approximate surface area is 109 Å². The van der Waals surface area contributed by atoms with Gasteiger partial charge in [-0.2, -0.15) is 5.26 Å². The van der Waals surface area contributed by atoms with Gasteiger partial charge in [0.05, 0.1) is 12.0 Å². The predicted octanol–water partition coefficient (Wildman–Crippen LogP) is 3.29. The van der Waals surface area contributed by atoms with Crippen molar-refractivity contribution in [1.82, 2.24) is 4.57 Å². The molecule has 0 saturated heterocycles. The fourth-order valence-electron chi connectivity index (χ4n) is 1.94. The topological polar surface area (TPSA) is 66.0 Å². The number of carbonyl (C=O) groups is 1. The van der Waals surface area contributed by atoms with Crippen LogP contribution in [0.4, 0.5) is 0 Å². The Morgan fingerprint density at radius 1 is 1.50 bits per heavy atom. The molecular formula is C14H22N2O2. The minimum absolute atomic E-state index is 0.0813. The quantitative estimate of drug-likeness (QED) is 0.891. The van der Waals surface area contributed by atoms with Gasteiger partial charge in [0.25, 0.3) is 0 Å². The third-order valence-electron chi connectivity index (χ3n) is 2.66. The Bertz CT molecular complexity index is 439. The van der Waals surface area contributed by atoms with Gasteiger partial charge in [0, 0.05) is 18.4 Å². The first-order valence-corrected chi connectivity index (χ1v) is 6.28. The molecule has 0 saturated carbocycles.